The molecule has 20 heavy (non-hydrogen) atoms. The maximum atomic E-state index is 10.5. The lowest BCUT2D eigenvalue weighted by molar-refractivity contribution is -0.0737. The summed E-state index contributed by atoms with van der Waals surface area (Å²) in [6, 6.07) is 5.73. The van der Waals surface area contributed by atoms with Gasteiger partial charge in [0.25, 0.3) is 0 Å². The van der Waals surface area contributed by atoms with Crippen LogP contribution in [0.2, 0.25) is 0 Å². The van der Waals surface area contributed by atoms with Crippen molar-refractivity contribution >= 4 is 0 Å². The summed E-state index contributed by atoms with van der Waals surface area (Å²) in [4.78, 5) is 2.51. The molecular formula is C16H21NO3. The van der Waals surface area contributed by atoms with Crippen LogP contribution in [-0.4, -0.2) is 42.4 Å². The molecule has 4 atom stereocenters. The fourth-order valence-electron chi connectivity index (χ4n) is 4.12. The predicted molar refractivity (Wildman–Crippen MR) is 75.1 cm³/mol. The Labute approximate surface area is 119 Å². The maximum Gasteiger partial charge on any atom is 0.129 e. The van der Waals surface area contributed by atoms with Gasteiger partial charge in [0.2, 0.25) is 0 Å². The second-order valence-electron chi connectivity index (χ2n) is 6.33. The average molecular weight is 275 g/mol. The molecule has 0 amide bonds. The van der Waals surface area contributed by atoms with Crippen molar-refractivity contribution in [3.63, 3.8) is 0 Å². The molecule has 3 aliphatic heterocycles. The van der Waals surface area contributed by atoms with E-state index in [1.54, 1.807) is 7.11 Å². The van der Waals surface area contributed by atoms with Crippen molar-refractivity contribution in [2.45, 2.75) is 31.0 Å². The van der Waals surface area contributed by atoms with Crippen LogP contribution in [0, 0.1) is 5.92 Å². The largest absolute Gasteiger partial charge is 0.497 e. The number of ether oxygens (including phenoxy) is 2. The molecule has 0 aliphatic carbocycles. The Morgan fingerprint density at radius 3 is 3.15 bits per heavy atom. The lowest BCUT2D eigenvalue weighted by Crippen LogP contribution is -2.53. The lowest BCUT2D eigenvalue weighted by Gasteiger charge is -2.47. The molecule has 4 heteroatoms. The van der Waals surface area contributed by atoms with Crippen molar-refractivity contribution < 1.29 is 14.6 Å². The Hall–Kier alpha value is -1.26. The van der Waals surface area contributed by atoms with Crippen LogP contribution < -0.4 is 9.47 Å². The van der Waals surface area contributed by atoms with Crippen molar-refractivity contribution in [3.8, 4) is 11.5 Å². The fraction of sp³-hybridized carbons (Fsp3) is 0.625. The molecule has 2 saturated heterocycles. The smallest absolute Gasteiger partial charge is 0.129 e. The molecule has 1 aromatic rings. The third kappa shape index (κ3) is 1.75. The van der Waals surface area contributed by atoms with E-state index < -0.39 is 6.10 Å². The van der Waals surface area contributed by atoms with Gasteiger partial charge in [-0.15, -0.1) is 0 Å². The second kappa shape index (κ2) is 4.37. The Kier molecular flexibility index (Phi) is 2.72. The Morgan fingerprint density at radius 2 is 2.30 bits per heavy atom. The first-order valence-corrected chi connectivity index (χ1v) is 7.47. The van der Waals surface area contributed by atoms with Gasteiger partial charge in [0.1, 0.15) is 17.1 Å². The summed E-state index contributed by atoms with van der Waals surface area (Å²) >= 11 is 0. The number of hydrogen-bond donors (Lipinski definition) is 1. The highest BCUT2D eigenvalue weighted by molar-refractivity contribution is 5.44. The molecule has 4 nitrogen and oxygen atoms in total. The van der Waals surface area contributed by atoms with Gasteiger partial charge in [-0.3, -0.25) is 0 Å². The van der Waals surface area contributed by atoms with E-state index in [1.165, 1.54) is 13.0 Å². The summed E-state index contributed by atoms with van der Waals surface area (Å²) < 4.78 is 11.7. The van der Waals surface area contributed by atoms with Crippen LogP contribution in [0.4, 0.5) is 0 Å². The predicted octanol–water partition coefficient (Wildman–Crippen LogP) is 1.98. The monoisotopic (exact) mass is 275 g/mol. The zero-order valence-electron chi connectivity index (χ0n) is 11.8. The molecule has 1 aromatic carbocycles. The molecule has 1 spiro atoms. The van der Waals surface area contributed by atoms with Gasteiger partial charge >= 0.3 is 0 Å². The average Bonchev–Trinajstić information content (AvgIpc) is 2.88. The Morgan fingerprint density at radius 1 is 1.40 bits per heavy atom. The second-order valence-corrected chi connectivity index (χ2v) is 6.33. The van der Waals surface area contributed by atoms with E-state index in [0.29, 0.717) is 5.92 Å². The number of hydrogen-bond acceptors (Lipinski definition) is 4. The van der Waals surface area contributed by atoms with E-state index in [2.05, 4.69) is 4.90 Å². The summed E-state index contributed by atoms with van der Waals surface area (Å²) in [7, 11) is 1.66. The molecule has 3 aliphatic rings. The number of rotatable bonds is 1. The quantitative estimate of drug-likeness (QED) is 0.851. The molecule has 0 radical (unpaired) electrons. The van der Waals surface area contributed by atoms with Crippen LogP contribution in [0.25, 0.3) is 0 Å². The van der Waals surface area contributed by atoms with Crippen LogP contribution in [0.3, 0.4) is 0 Å². The summed E-state index contributed by atoms with van der Waals surface area (Å²) in [6.45, 7) is 3.38. The first-order valence-electron chi connectivity index (χ1n) is 7.47. The summed E-state index contributed by atoms with van der Waals surface area (Å²) in [5, 5.41) is 10.5. The van der Waals surface area contributed by atoms with Crippen LogP contribution in [-0.2, 0) is 0 Å². The van der Waals surface area contributed by atoms with E-state index in [-0.39, 0.29) is 5.60 Å². The number of aliphatic hydroxyl groups is 1. The SMILES string of the molecule is COc1ccc2c(c1)OC1(CCN3CCC1C3)C[C@@H]2O. The minimum absolute atomic E-state index is 0.175. The van der Waals surface area contributed by atoms with E-state index in [4.69, 9.17) is 9.47 Å². The molecule has 1 N–H and O–H groups in total. The van der Waals surface area contributed by atoms with Gasteiger partial charge in [-0.1, -0.05) is 0 Å². The van der Waals surface area contributed by atoms with Gasteiger partial charge in [0.15, 0.2) is 0 Å². The van der Waals surface area contributed by atoms with Gasteiger partial charge in [-0.2, -0.15) is 0 Å². The lowest BCUT2D eigenvalue weighted by atomic mass is 9.75. The standard InChI is InChI=1S/C16H21NO3/c1-19-12-2-3-13-14(18)9-16(20-15(13)8-12)5-7-17-6-4-11(16)10-17/h2-3,8,11,14,18H,4-7,9-10H2,1H3/t11?,14-,16?/m0/s1. The van der Waals surface area contributed by atoms with Gasteiger partial charge in [-0.25, -0.2) is 0 Å². The van der Waals surface area contributed by atoms with E-state index in [9.17, 15) is 5.11 Å². The van der Waals surface area contributed by atoms with Gasteiger partial charge < -0.3 is 19.5 Å². The van der Waals surface area contributed by atoms with Gasteiger partial charge in [-0.05, 0) is 25.1 Å². The normalized spacial score (nSPS) is 38.4. The van der Waals surface area contributed by atoms with Gasteiger partial charge in [0.05, 0.1) is 13.2 Å². The number of piperidine rings is 1. The van der Waals surface area contributed by atoms with Gasteiger partial charge in [0, 0.05) is 43.5 Å². The van der Waals surface area contributed by atoms with E-state index in [1.807, 2.05) is 18.2 Å². The third-order valence-electron chi connectivity index (χ3n) is 5.30. The van der Waals surface area contributed by atoms with Crippen LogP contribution >= 0.6 is 0 Å². The first-order chi connectivity index (χ1) is 9.70. The van der Waals surface area contributed by atoms with Crippen LogP contribution in [0.15, 0.2) is 18.2 Å². The zero-order chi connectivity index (χ0) is 13.7. The minimum Gasteiger partial charge on any atom is -0.497 e. The molecule has 0 aromatic heterocycles. The Balaban J connectivity index is 1.71. The number of nitrogens with zero attached hydrogens (tertiary/aromatic N) is 1. The van der Waals surface area contributed by atoms with Crippen molar-refractivity contribution in [2.75, 3.05) is 26.7 Å². The molecule has 3 heterocycles. The number of aliphatic hydroxyl groups excluding tert-OH is 1. The molecule has 2 fully saturated rings. The van der Waals surface area contributed by atoms with E-state index in [0.717, 1.165) is 43.0 Å². The summed E-state index contributed by atoms with van der Waals surface area (Å²) in [5.74, 6) is 2.14. The van der Waals surface area contributed by atoms with E-state index >= 15 is 0 Å². The van der Waals surface area contributed by atoms with Crippen molar-refractivity contribution in [3.05, 3.63) is 23.8 Å². The van der Waals surface area contributed by atoms with Crippen molar-refractivity contribution in [1.82, 2.24) is 4.90 Å². The summed E-state index contributed by atoms with van der Waals surface area (Å²) in [5.41, 5.74) is 0.725. The Bertz CT molecular complexity index is 532. The fourth-order valence-corrected chi connectivity index (χ4v) is 4.12. The molecule has 3 unspecified atom stereocenters. The molecule has 0 saturated carbocycles. The zero-order valence-corrected chi connectivity index (χ0v) is 11.8. The first kappa shape index (κ1) is 12.5. The van der Waals surface area contributed by atoms with Crippen LogP contribution in [0.5, 0.6) is 11.5 Å². The topological polar surface area (TPSA) is 41.9 Å². The molecular weight excluding hydrogens is 254 g/mol. The molecule has 108 valence electrons. The molecule has 2 bridgehead atoms. The number of benzene rings is 1. The number of methoxy groups -OCH3 is 1. The highest BCUT2D eigenvalue weighted by atomic mass is 16.5. The highest BCUT2D eigenvalue weighted by Gasteiger charge is 2.51. The van der Waals surface area contributed by atoms with Crippen molar-refractivity contribution in [2.24, 2.45) is 5.92 Å². The van der Waals surface area contributed by atoms with Crippen molar-refractivity contribution in [1.29, 1.82) is 0 Å². The highest BCUT2D eigenvalue weighted by Crippen LogP contribution is 2.49. The maximum absolute atomic E-state index is 10.5. The number of fused-ring (bicyclic) bond motifs is 4. The summed E-state index contributed by atoms with van der Waals surface area (Å²) in [6.07, 6.45) is 2.51. The minimum atomic E-state index is -0.420. The third-order valence-corrected chi connectivity index (χ3v) is 5.30. The van der Waals surface area contributed by atoms with Crippen LogP contribution in [0.1, 0.15) is 30.9 Å². The molecule has 4 rings (SSSR count).